The lowest BCUT2D eigenvalue weighted by Gasteiger charge is -2.19. The minimum Gasteiger partial charge on any atom is -0.315 e. The molecule has 6 heteroatoms. The van der Waals surface area contributed by atoms with Crippen molar-refractivity contribution >= 4 is 10.2 Å². The van der Waals surface area contributed by atoms with Crippen molar-refractivity contribution in [3.05, 3.63) is 0 Å². The van der Waals surface area contributed by atoms with Gasteiger partial charge in [-0.25, -0.2) is 0 Å². The first-order chi connectivity index (χ1) is 6.52. The van der Waals surface area contributed by atoms with Crippen molar-refractivity contribution in [3.8, 4) is 0 Å². The van der Waals surface area contributed by atoms with Crippen LogP contribution in [0.15, 0.2) is 0 Å². The quantitative estimate of drug-likeness (QED) is 0.677. The molecule has 0 aromatic heterocycles. The molecule has 1 saturated heterocycles. The third kappa shape index (κ3) is 3.53. The summed E-state index contributed by atoms with van der Waals surface area (Å²) in [5, 5.41) is 3.21. The van der Waals surface area contributed by atoms with Gasteiger partial charge in [-0.1, -0.05) is 6.42 Å². The lowest BCUT2D eigenvalue weighted by Crippen LogP contribution is -2.45. The van der Waals surface area contributed by atoms with Gasteiger partial charge in [-0.2, -0.15) is 17.4 Å². The molecule has 0 radical (unpaired) electrons. The van der Waals surface area contributed by atoms with Crippen LogP contribution in [0.2, 0.25) is 0 Å². The summed E-state index contributed by atoms with van der Waals surface area (Å²) in [6.45, 7) is 1.72. The van der Waals surface area contributed by atoms with Gasteiger partial charge in [0.1, 0.15) is 0 Å². The Morgan fingerprint density at radius 3 is 2.71 bits per heavy atom. The Labute approximate surface area is 86.0 Å². The van der Waals surface area contributed by atoms with Gasteiger partial charge < -0.3 is 5.32 Å². The summed E-state index contributed by atoms with van der Waals surface area (Å²) >= 11 is 0. The van der Waals surface area contributed by atoms with Crippen molar-refractivity contribution in [2.75, 3.05) is 27.2 Å². The third-order valence-corrected chi connectivity index (χ3v) is 3.94. The molecule has 2 N–H and O–H groups in total. The predicted molar refractivity (Wildman–Crippen MR) is 56.3 cm³/mol. The van der Waals surface area contributed by atoms with Crippen molar-refractivity contribution in [2.24, 2.45) is 0 Å². The molecule has 0 amide bonds. The number of rotatable bonds is 3. The average molecular weight is 221 g/mol. The first-order valence-electron chi connectivity index (χ1n) is 4.93. The van der Waals surface area contributed by atoms with E-state index in [0.717, 1.165) is 32.4 Å². The van der Waals surface area contributed by atoms with Gasteiger partial charge in [0.15, 0.2) is 0 Å². The molecule has 0 saturated carbocycles. The van der Waals surface area contributed by atoms with Crippen LogP contribution in [-0.2, 0) is 10.2 Å². The maximum atomic E-state index is 11.5. The Hall–Kier alpha value is -0.170. The Balaban J connectivity index is 2.50. The molecule has 0 aromatic carbocycles. The maximum absolute atomic E-state index is 11.5. The SMILES string of the molecule is CN(C)S(=O)(=O)NC1CCCCNC1. The summed E-state index contributed by atoms with van der Waals surface area (Å²) < 4.78 is 26.9. The highest BCUT2D eigenvalue weighted by atomic mass is 32.2. The van der Waals surface area contributed by atoms with Crippen molar-refractivity contribution < 1.29 is 8.42 Å². The summed E-state index contributed by atoms with van der Waals surface area (Å²) in [5.41, 5.74) is 0. The van der Waals surface area contributed by atoms with Gasteiger partial charge in [0.2, 0.25) is 0 Å². The van der Waals surface area contributed by atoms with Crippen molar-refractivity contribution in [2.45, 2.75) is 25.3 Å². The second-order valence-electron chi connectivity index (χ2n) is 3.80. The van der Waals surface area contributed by atoms with Crippen LogP contribution in [0.5, 0.6) is 0 Å². The van der Waals surface area contributed by atoms with Gasteiger partial charge in [0.25, 0.3) is 10.2 Å². The van der Waals surface area contributed by atoms with Crippen LogP contribution in [0.4, 0.5) is 0 Å². The molecule has 0 aliphatic carbocycles. The molecule has 5 nitrogen and oxygen atoms in total. The van der Waals surface area contributed by atoms with E-state index in [-0.39, 0.29) is 6.04 Å². The second kappa shape index (κ2) is 5.06. The van der Waals surface area contributed by atoms with E-state index < -0.39 is 10.2 Å². The van der Waals surface area contributed by atoms with E-state index in [1.807, 2.05) is 0 Å². The summed E-state index contributed by atoms with van der Waals surface area (Å²) in [7, 11) is -0.202. The zero-order valence-corrected chi connectivity index (χ0v) is 9.60. The van der Waals surface area contributed by atoms with E-state index in [1.165, 1.54) is 18.4 Å². The van der Waals surface area contributed by atoms with Crippen LogP contribution in [0.25, 0.3) is 0 Å². The van der Waals surface area contributed by atoms with Gasteiger partial charge in [0, 0.05) is 26.7 Å². The van der Waals surface area contributed by atoms with E-state index in [0.29, 0.717) is 0 Å². The fourth-order valence-corrected chi connectivity index (χ4v) is 2.27. The van der Waals surface area contributed by atoms with E-state index in [1.54, 1.807) is 0 Å². The lowest BCUT2D eigenvalue weighted by atomic mass is 10.2. The van der Waals surface area contributed by atoms with Crippen LogP contribution in [-0.4, -0.2) is 45.9 Å². The smallest absolute Gasteiger partial charge is 0.279 e. The zero-order chi connectivity index (χ0) is 10.6. The van der Waals surface area contributed by atoms with E-state index in [9.17, 15) is 8.42 Å². The monoisotopic (exact) mass is 221 g/mol. The largest absolute Gasteiger partial charge is 0.315 e. The summed E-state index contributed by atoms with van der Waals surface area (Å²) in [4.78, 5) is 0. The molecular formula is C8H19N3O2S. The summed E-state index contributed by atoms with van der Waals surface area (Å²) in [5.74, 6) is 0. The van der Waals surface area contributed by atoms with Crippen LogP contribution in [0, 0.1) is 0 Å². The minimum atomic E-state index is -3.27. The first-order valence-corrected chi connectivity index (χ1v) is 6.37. The maximum Gasteiger partial charge on any atom is 0.279 e. The Kier molecular flexibility index (Phi) is 4.31. The first kappa shape index (κ1) is 11.9. The van der Waals surface area contributed by atoms with Crippen molar-refractivity contribution in [1.82, 2.24) is 14.3 Å². The standard InChI is InChI=1S/C8H19N3O2S/c1-11(2)14(12,13)10-8-5-3-4-6-9-7-8/h8-10H,3-7H2,1-2H3. The van der Waals surface area contributed by atoms with E-state index in [2.05, 4.69) is 10.0 Å². The Morgan fingerprint density at radius 1 is 1.36 bits per heavy atom. The van der Waals surface area contributed by atoms with Crippen LogP contribution >= 0.6 is 0 Å². The lowest BCUT2D eigenvalue weighted by molar-refractivity contribution is 0.472. The predicted octanol–water partition coefficient (Wildman–Crippen LogP) is -0.475. The number of nitrogens with one attached hydrogen (secondary N) is 2. The number of hydrogen-bond donors (Lipinski definition) is 2. The molecule has 14 heavy (non-hydrogen) atoms. The van der Waals surface area contributed by atoms with Crippen molar-refractivity contribution in [1.29, 1.82) is 0 Å². The van der Waals surface area contributed by atoms with Crippen molar-refractivity contribution in [3.63, 3.8) is 0 Å². The van der Waals surface area contributed by atoms with Crippen LogP contribution in [0.1, 0.15) is 19.3 Å². The fraction of sp³-hybridized carbons (Fsp3) is 1.00. The summed E-state index contributed by atoms with van der Waals surface area (Å²) in [6, 6.07) is 0.0323. The molecule has 1 fully saturated rings. The highest BCUT2D eigenvalue weighted by molar-refractivity contribution is 7.87. The fourth-order valence-electron chi connectivity index (χ4n) is 1.44. The molecule has 1 heterocycles. The van der Waals surface area contributed by atoms with Gasteiger partial charge in [0.05, 0.1) is 0 Å². The third-order valence-electron chi connectivity index (χ3n) is 2.34. The average Bonchev–Trinajstić information content (AvgIpc) is 2.32. The molecule has 1 unspecified atom stereocenters. The highest BCUT2D eigenvalue weighted by Crippen LogP contribution is 2.05. The van der Waals surface area contributed by atoms with Gasteiger partial charge >= 0.3 is 0 Å². The zero-order valence-electron chi connectivity index (χ0n) is 8.78. The highest BCUT2D eigenvalue weighted by Gasteiger charge is 2.20. The van der Waals surface area contributed by atoms with E-state index in [4.69, 9.17) is 0 Å². The Bertz CT molecular complexity index is 256. The number of hydrogen-bond acceptors (Lipinski definition) is 3. The molecular weight excluding hydrogens is 202 g/mol. The molecule has 1 atom stereocenters. The van der Waals surface area contributed by atoms with Crippen LogP contribution in [0.3, 0.4) is 0 Å². The molecule has 0 spiro atoms. The minimum absolute atomic E-state index is 0.0323. The molecule has 0 bridgehead atoms. The molecule has 1 rings (SSSR count). The Morgan fingerprint density at radius 2 is 2.07 bits per heavy atom. The van der Waals surface area contributed by atoms with Gasteiger partial charge in [-0.3, -0.25) is 0 Å². The second-order valence-corrected chi connectivity index (χ2v) is 5.72. The molecule has 0 aromatic rings. The van der Waals surface area contributed by atoms with Crippen LogP contribution < -0.4 is 10.0 Å². The van der Waals surface area contributed by atoms with E-state index >= 15 is 0 Å². The number of nitrogens with zero attached hydrogens (tertiary/aromatic N) is 1. The molecule has 84 valence electrons. The topological polar surface area (TPSA) is 61.4 Å². The van der Waals surface area contributed by atoms with Gasteiger partial charge in [-0.15, -0.1) is 0 Å². The molecule has 1 aliphatic rings. The normalized spacial score (nSPS) is 24.9. The molecule has 1 aliphatic heterocycles. The summed E-state index contributed by atoms with van der Waals surface area (Å²) in [6.07, 6.45) is 3.12. The van der Waals surface area contributed by atoms with Gasteiger partial charge in [-0.05, 0) is 19.4 Å².